The lowest BCUT2D eigenvalue weighted by Crippen LogP contribution is -2.38. The van der Waals surface area contributed by atoms with Gasteiger partial charge in [-0.25, -0.2) is 4.79 Å². The van der Waals surface area contributed by atoms with Crippen molar-refractivity contribution in [3.05, 3.63) is 107 Å². The molecule has 148 valence electrons. The van der Waals surface area contributed by atoms with Crippen LogP contribution in [0.5, 0.6) is 0 Å². The number of aldehydes is 1. The fraction of sp³-hybridized carbons (Fsp3) is 0.200. The molecule has 0 aliphatic carbocycles. The summed E-state index contributed by atoms with van der Waals surface area (Å²) in [5.74, 6) is 0. The second-order valence-corrected chi connectivity index (χ2v) is 6.91. The molecule has 0 saturated heterocycles. The van der Waals surface area contributed by atoms with Gasteiger partial charge in [-0.1, -0.05) is 84.9 Å². The molecule has 0 aromatic heterocycles. The maximum absolute atomic E-state index is 12.1. The molecule has 0 aliphatic rings. The van der Waals surface area contributed by atoms with Crippen LogP contribution < -0.4 is 5.32 Å². The summed E-state index contributed by atoms with van der Waals surface area (Å²) in [6, 6.07) is 27.2. The van der Waals surface area contributed by atoms with Gasteiger partial charge in [0.2, 0.25) is 0 Å². The van der Waals surface area contributed by atoms with E-state index in [4.69, 9.17) is 4.74 Å². The molecular formula is C25H25NO3. The van der Waals surface area contributed by atoms with E-state index in [1.165, 1.54) is 11.1 Å². The monoisotopic (exact) mass is 387 g/mol. The molecular weight excluding hydrogens is 362 g/mol. The Hall–Kier alpha value is -3.40. The minimum atomic E-state index is -0.629. The second-order valence-electron chi connectivity index (χ2n) is 6.91. The lowest BCUT2D eigenvalue weighted by Gasteiger charge is -2.16. The van der Waals surface area contributed by atoms with Crippen molar-refractivity contribution in [3.63, 3.8) is 0 Å². The number of ether oxygens (including phenoxy) is 1. The van der Waals surface area contributed by atoms with E-state index in [1.807, 2.05) is 66.7 Å². The van der Waals surface area contributed by atoms with Gasteiger partial charge in [-0.2, -0.15) is 0 Å². The van der Waals surface area contributed by atoms with Crippen LogP contribution >= 0.6 is 0 Å². The summed E-state index contributed by atoms with van der Waals surface area (Å²) < 4.78 is 5.22. The first-order valence-electron chi connectivity index (χ1n) is 9.78. The zero-order chi connectivity index (χ0) is 20.3. The fourth-order valence-electron chi connectivity index (χ4n) is 3.21. The molecule has 3 rings (SSSR count). The summed E-state index contributed by atoms with van der Waals surface area (Å²) in [5, 5.41) is 2.66. The number of nitrogens with one attached hydrogen (secondary N) is 1. The van der Waals surface area contributed by atoms with Gasteiger partial charge in [0.1, 0.15) is 12.9 Å². The first-order chi connectivity index (χ1) is 14.2. The third-order valence-corrected chi connectivity index (χ3v) is 4.76. The third-order valence-electron chi connectivity index (χ3n) is 4.76. The lowest BCUT2D eigenvalue weighted by molar-refractivity contribution is -0.109. The van der Waals surface area contributed by atoms with Crippen molar-refractivity contribution in [2.24, 2.45) is 0 Å². The summed E-state index contributed by atoms with van der Waals surface area (Å²) >= 11 is 0. The SMILES string of the molecule is O=C[C@H](Cc1ccccc1CCc1ccccc1)NC(=O)OCc1ccccc1. The van der Waals surface area contributed by atoms with Gasteiger partial charge >= 0.3 is 6.09 Å². The number of hydrogen-bond acceptors (Lipinski definition) is 3. The van der Waals surface area contributed by atoms with Crippen molar-refractivity contribution in [2.75, 3.05) is 0 Å². The molecule has 4 nitrogen and oxygen atoms in total. The van der Waals surface area contributed by atoms with Gasteiger partial charge in [0.15, 0.2) is 0 Å². The Labute approximate surface area is 171 Å². The fourth-order valence-corrected chi connectivity index (χ4v) is 3.21. The van der Waals surface area contributed by atoms with E-state index in [1.54, 1.807) is 0 Å². The van der Waals surface area contributed by atoms with Crippen molar-refractivity contribution in [1.29, 1.82) is 0 Å². The van der Waals surface area contributed by atoms with Crippen LogP contribution in [-0.2, 0) is 35.4 Å². The van der Waals surface area contributed by atoms with E-state index < -0.39 is 12.1 Å². The smallest absolute Gasteiger partial charge is 0.408 e. The number of carbonyl (C=O) groups excluding carboxylic acids is 2. The molecule has 3 aromatic rings. The molecule has 0 unspecified atom stereocenters. The number of alkyl carbamates (subject to hydrolysis) is 1. The van der Waals surface area contributed by atoms with Crippen LogP contribution in [0.1, 0.15) is 22.3 Å². The van der Waals surface area contributed by atoms with Crippen LogP contribution in [0.2, 0.25) is 0 Å². The Morgan fingerprint density at radius 2 is 1.38 bits per heavy atom. The van der Waals surface area contributed by atoms with Gasteiger partial charge < -0.3 is 14.8 Å². The van der Waals surface area contributed by atoms with Crippen molar-refractivity contribution in [2.45, 2.75) is 31.9 Å². The Balaban J connectivity index is 1.55. The predicted molar refractivity (Wildman–Crippen MR) is 114 cm³/mol. The highest BCUT2D eigenvalue weighted by Crippen LogP contribution is 2.14. The zero-order valence-corrected chi connectivity index (χ0v) is 16.3. The number of carbonyl (C=O) groups is 2. The molecule has 3 aromatic carbocycles. The molecule has 0 bridgehead atoms. The van der Waals surface area contributed by atoms with Crippen molar-refractivity contribution in [1.82, 2.24) is 5.32 Å². The minimum Gasteiger partial charge on any atom is -0.445 e. The van der Waals surface area contributed by atoms with Gasteiger partial charge in [0.05, 0.1) is 6.04 Å². The van der Waals surface area contributed by atoms with E-state index in [2.05, 4.69) is 23.5 Å². The molecule has 0 aliphatic heterocycles. The molecule has 1 N–H and O–H groups in total. The highest BCUT2D eigenvalue weighted by atomic mass is 16.5. The Bertz CT molecular complexity index is 910. The highest BCUT2D eigenvalue weighted by molar-refractivity contribution is 5.73. The van der Waals surface area contributed by atoms with Crippen LogP contribution in [0.4, 0.5) is 4.79 Å². The molecule has 0 spiro atoms. The quantitative estimate of drug-likeness (QED) is 0.550. The number of rotatable bonds is 9. The molecule has 4 heteroatoms. The van der Waals surface area contributed by atoms with Crippen molar-refractivity contribution >= 4 is 12.4 Å². The number of aryl methyl sites for hydroxylation is 2. The van der Waals surface area contributed by atoms with E-state index in [9.17, 15) is 9.59 Å². The average molecular weight is 387 g/mol. The van der Waals surface area contributed by atoms with Gasteiger partial charge in [-0.05, 0) is 41.5 Å². The second kappa shape index (κ2) is 10.8. The maximum Gasteiger partial charge on any atom is 0.408 e. The molecule has 1 atom stereocenters. The molecule has 0 saturated carbocycles. The highest BCUT2D eigenvalue weighted by Gasteiger charge is 2.15. The minimum absolute atomic E-state index is 0.173. The summed E-state index contributed by atoms with van der Waals surface area (Å²) in [6.07, 6.45) is 2.42. The molecule has 1 amide bonds. The largest absolute Gasteiger partial charge is 0.445 e. The molecule has 0 heterocycles. The van der Waals surface area contributed by atoms with Crippen LogP contribution in [0.25, 0.3) is 0 Å². The Morgan fingerprint density at radius 1 is 0.793 bits per heavy atom. The topological polar surface area (TPSA) is 55.4 Å². The Morgan fingerprint density at radius 3 is 2.03 bits per heavy atom. The van der Waals surface area contributed by atoms with Crippen LogP contribution in [0, 0.1) is 0 Å². The van der Waals surface area contributed by atoms with Crippen molar-refractivity contribution < 1.29 is 14.3 Å². The van der Waals surface area contributed by atoms with Gasteiger partial charge in [0, 0.05) is 0 Å². The van der Waals surface area contributed by atoms with Crippen molar-refractivity contribution in [3.8, 4) is 0 Å². The summed E-state index contributed by atoms with van der Waals surface area (Å²) in [6.45, 7) is 0.173. The predicted octanol–water partition coefficient (Wildman–Crippen LogP) is 4.51. The lowest BCUT2D eigenvalue weighted by atomic mass is 9.96. The first-order valence-corrected chi connectivity index (χ1v) is 9.78. The standard InChI is InChI=1S/C25H25NO3/c27-18-24(26-25(28)29-19-21-11-5-2-6-12-21)17-23-14-8-7-13-22(23)16-15-20-9-3-1-4-10-20/h1-14,18,24H,15-17,19H2,(H,26,28)/t24-/m0/s1. The third kappa shape index (κ3) is 6.61. The first kappa shape index (κ1) is 20.3. The van der Waals surface area contributed by atoms with E-state index >= 15 is 0 Å². The molecule has 0 fully saturated rings. The van der Waals surface area contributed by atoms with Crippen LogP contribution in [0.15, 0.2) is 84.9 Å². The van der Waals surface area contributed by atoms with Crippen LogP contribution in [0.3, 0.4) is 0 Å². The number of hydrogen-bond donors (Lipinski definition) is 1. The summed E-state index contributed by atoms with van der Waals surface area (Å²) in [5.41, 5.74) is 4.42. The number of amides is 1. The molecule has 29 heavy (non-hydrogen) atoms. The average Bonchev–Trinajstić information content (AvgIpc) is 2.78. The normalized spacial score (nSPS) is 11.4. The Kier molecular flexibility index (Phi) is 7.58. The maximum atomic E-state index is 12.1. The number of benzene rings is 3. The van der Waals surface area contributed by atoms with Gasteiger partial charge in [-0.15, -0.1) is 0 Å². The van der Waals surface area contributed by atoms with E-state index in [-0.39, 0.29) is 6.61 Å². The zero-order valence-electron chi connectivity index (χ0n) is 16.3. The summed E-state index contributed by atoms with van der Waals surface area (Å²) in [4.78, 5) is 23.6. The van der Waals surface area contributed by atoms with E-state index in [0.29, 0.717) is 6.42 Å². The van der Waals surface area contributed by atoms with E-state index in [0.717, 1.165) is 30.3 Å². The van der Waals surface area contributed by atoms with Gasteiger partial charge in [-0.3, -0.25) is 0 Å². The van der Waals surface area contributed by atoms with Crippen LogP contribution in [-0.4, -0.2) is 18.4 Å². The van der Waals surface area contributed by atoms with Gasteiger partial charge in [0.25, 0.3) is 0 Å². The summed E-state index contributed by atoms with van der Waals surface area (Å²) in [7, 11) is 0. The molecule has 0 radical (unpaired) electrons.